The molecule has 6 nitrogen and oxygen atoms in total. The van der Waals surface area contributed by atoms with Gasteiger partial charge in [0.25, 0.3) is 5.91 Å². The third kappa shape index (κ3) is 5.79. The number of rotatable bonds is 6. The van der Waals surface area contributed by atoms with Crippen molar-refractivity contribution in [3.05, 3.63) is 71.2 Å². The average molecular weight is 534 g/mol. The maximum atomic E-state index is 15.3. The summed E-state index contributed by atoms with van der Waals surface area (Å²) in [5.41, 5.74) is 0.566. The smallest absolute Gasteiger partial charge is 0.411 e. The van der Waals surface area contributed by atoms with E-state index >= 15 is 4.39 Å². The Hall–Kier alpha value is -3.56. The minimum atomic E-state index is -4.54. The zero-order valence-electron chi connectivity index (χ0n) is 21.6. The Bertz CT molecular complexity index is 1240. The SMILES string of the molecule is COc1ccc2c(c1)CCN(C=CC(F)(F)F)C2C(=O)Nc1ccc(C(C)(C)C(=O)N2CCCC2)c(F)c1. The lowest BCUT2D eigenvalue weighted by atomic mass is 9.82. The Morgan fingerprint density at radius 2 is 1.76 bits per heavy atom. The van der Waals surface area contributed by atoms with Crippen LogP contribution in [0.2, 0.25) is 0 Å². The number of hydrogen-bond donors (Lipinski definition) is 1. The fourth-order valence-electron chi connectivity index (χ4n) is 5.12. The molecule has 0 radical (unpaired) electrons. The van der Waals surface area contributed by atoms with Crippen LogP contribution in [0.3, 0.4) is 0 Å². The molecule has 0 spiro atoms. The number of nitrogens with one attached hydrogen (secondary N) is 1. The molecule has 2 heterocycles. The van der Waals surface area contributed by atoms with Crippen LogP contribution in [0.25, 0.3) is 0 Å². The molecule has 204 valence electrons. The number of anilines is 1. The van der Waals surface area contributed by atoms with E-state index in [1.807, 2.05) is 0 Å². The first kappa shape index (κ1) is 27.5. The summed E-state index contributed by atoms with van der Waals surface area (Å²) in [6.07, 6.45) is -1.33. The Morgan fingerprint density at radius 3 is 2.39 bits per heavy atom. The quantitative estimate of drug-likeness (QED) is 0.509. The summed E-state index contributed by atoms with van der Waals surface area (Å²) >= 11 is 0. The zero-order chi connectivity index (χ0) is 27.7. The van der Waals surface area contributed by atoms with Gasteiger partial charge in [0.1, 0.15) is 17.6 Å². The van der Waals surface area contributed by atoms with Crippen molar-refractivity contribution in [3.63, 3.8) is 0 Å². The molecule has 4 rings (SSSR count). The summed E-state index contributed by atoms with van der Waals surface area (Å²) in [4.78, 5) is 29.5. The molecular formula is C28H31F4N3O3. The van der Waals surface area contributed by atoms with Gasteiger partial charge >= 0.3 is 6.18 Å². The standard InChI is InChI=1S/C28H31F4N3O3/c1-27(2,26(37)35-12-4-5-13-35)22-9-6-19(17-23(22)29)33-25(36)24-21-8-7-20(38-3)16-18(21)10-14-34(24)15-11-28(30,31)32/h6-9,11,15-17,24H,4-5,10,12-14H2,1-3H3,(H,33,36). The molecule has 2 aliphatic heterocycles. The third-order valence-electron chi connectivity index (χ3n) is 7.16. The lowest BCUT2D eigenvalue weighted by Gasteiger charge is -2.36. The highest BCUT2D eigenvalue weighted by molar-refractivity contribution is 5.96. The number of allylic oxidation sites excluding steroid dienone is 1. The lowest BCUT2D eigenvalue weighted by molar-refractivity contribution is -0.135. The van der Waals surface area contributed by atoms with Gasteiger partial charge in [-0.1, -0.05) is 12.1 Å². The van der Waals surface area contributed by atoms with Crippen LogP contribution >= 0.6 is 0 Å². The number of likely N-dealkylation sites (tertiary alicyclic amines) is 1. The van der Waals surface area contributed by atoms with Gasteiger partial charge in [0, 0.05) is 43.2 Å². The molecule has 1 atom stereocenters. The number of hydrogen-bond acceptors (Lipinski definition) is 4. The van der Waals surface area contributed by atoms with Crippen LogP contribution in [-0.4, -0.2) is 54.5 Å². The zero-order valence-corrected chi connectivity index (χ0v) is 21.6. The minimum absolute atomic E-state index is 0.0930. The van der Waals surface area contributed by atoms with Crippen molar-refractivity contribution in [3.8, 4) is 5.75 Å². The lowest BCUT2D eigenvalue weighted by Crippen LogP contribution is -2.42. The van der Waals surface area contributed by atoms with Gasteiger partial charge in [0.2, 0.25) is 5.91 Å². The second-order valence-electron chi connectivity index (χ2n) is 10.1. The van der Waals surface area contributed by atoms with Gasteiger partial charge in [0.05, 0.1) is 12.5 Å². The molecule has 1 N–H and O–H groups in total. The normalized spacial score (nSPS) is 18.0. The monoisotopic (exact) mass is 533 g/mol. The van der Waals surface area contributed by atoms with E-state index in [-0.39, 0.29) is 29.8 Å². The first-order valence-electron chi connectivity index (χ1n) is 12.5. The minimum Gasteiger partial charge on any atom is -0.497 e. The van der Waals surface area contributed by atoms with Gasteiger partial charge in [-0.3, -0.25) is 9.59 Å². The Kier molecular flexibility index (Phi) is 7.71. The van der Waals surface area contributed by atoms with Gasteiger partial charge in [-0.25, -0.2) is 4.39 Å². The number of carbonyl (C=O) groups is 2. The van der Waals surface area contributed by atoms with Gasteiger partial charge in [0.15, 0.2) is 0 Å². The number of carbonyl (C=O) groups excluding carboxylic acids is 2. The van der Waals surface area contributed by atoms with Crippen LogP contribution in [-0.2, 0) is 21.4 Å². The fraction of sp³-hybridized carbons (Fsp3) is 0.429. The highest BCUT2D eigenvalue weighted by Gasteiger charge is 2.37. The Morgan fingerprint density at radius 1 is 1.05 bits per heavy atom. The topological polar surface area (TPSA) is 61.9 Å². The average Bonchev–Trinajstić information content (AvgIpc) is 3.40. The Balaban J connectivity index is 1.60. The number of benzene rings is 2. The number of amides is 2. The molecule has 2 amide bonds. The van der Waals surface area contributed by atoms with Crippen molar-refractivity contribution in [1.82, 2.24) is 9.80 Å². The summed E-state index contributed by atoms with van der Waals surface area (Å²) < 4.78 is 59.2. The van der Waals surface area contributed by atoms with E-state index in [4.69, 9.17) is 4.74 Å². The molecule has 10 heteroatoms. The molecule has 1 fully saturated rings. The molecule has 2 aliphatic rings. The van der Waals surface area contributed by atoms with E-state index in [1.165, 1.54) is 24.1 Å². The molecule has 0 bridgehead atoms. The summed E-state index contributed by atoms with van der Waals surface area (Å²) in [5.74, 6) is -0.844. The van der Waals surface area contributed by atoms with E-state index in [1.54, 1.807) is 36.9 Å². The maximum absolute atomic E-state index is 15.3. The summed E-state index contributed by atoms with van der Waals surface area (Å²) in [6.45, 7) is 4.80. The number of alkyl halides is 3. The number of halogens is 4. The second-order valence-corrected chi connectivity index (χ2v) is 10.1. The molecule has 0 saturated carbocycles. The van der Waals surface area contributed by atoms with E-state index in [9.17, 15) is 22.8 Å². The molecule has 2 aromatic carbocycles. The molecule has 0 aliphatic carbocycles. The largest absolute Gasteiger partial charge is 0.497 e. The second kappa shape index (κ2) is 10.7. The summed E-state index contributed by atoms with van der Waals surface area (Å²) in [6, 6.07) is 8.10. The van der Waals surface area contributed by atoms with Gasteiger partial charge in [-0.05, 0) is 68.5 Å². The van der Waals surface area contributed by atoms with Crippen LogP contribution < -0.4 is 10.1 Å². The molecule has 38 heavy (non-hydrogen) atoms. The van der Waals surface area contributed by atoms with Crippen LogP contribution in [0.5, 0.6) is 5.75 Å². The van der Waals surface area contributed by atoms with E-state index in [0.717, 1.165) is 30.7 Å². The van der Waals surface area contributed by atoms with Crippen molar-refractivity contribution in [2.75, 3.05) is 32.1 Å². The van der Waals surface area contributed by atoms with Crippen LogP contribution in [0, 0.1) is 5.82 Å². The number of methoxy groups -OCH3 is 1. The first-order chi connectivity index (χ1) is 17.9. The number of nitrogens with zero attached hydrogens (tertiary/aromatic N) is 2. The van der Waals surface area contributed by atoms with Crippen LogP contribution in [0.15, 0.2) is 48.7 Å². The third-order valence-corrected chi connectivity index (χ3v) is 7.16. The molecule has 2 aromatic rings. The highest BCUT2D eigenvalue weighted by Crippen LogP contribution is 2.35. The Labute approximate surface area is 219 Å². The van der Waals surface area contributed by atoms with Crippen molar-refractivity contribution < 1.29 is 31.9 Å². The maximum Gasteiger partial charge on any atom is 0.411 e. The van der Waals surface area contributed by atoms with Crippen LogP contribution in [0.1, 0.15) is 49.4 Å². The molecule has 1 saturated heterocycles. The van der Waals surface area contributed by atoms with Crippen LogP contribution in [0.4, 0.5) is 23.2 Å². The molecular weight excluding hydrogens is 502 g/mol. The number of fused-ring (bicyclic) bond motifs is 1. The number of ether oxygens (including phenoxy) is 1. The van der Waals surface area contributed by atoms with Crippen molar-refractivity contribution in [1.29, 1.82) is 0 Å². The highest BCUT2D eigenvalue weighted by atomic mass is 19.4. The van der Waals surface area contributed by atoms with E-state index < -0.39 is 29.4 Å². The van der Waals surface area contributed by atoms with Gasteiger partial charge < -0.3 is 19.9 Å². The van der Waals surface area contributed by atoms with Crippen molar-refractivity contribution in [2.45, 2.75) is 50.7 Å². The van der Waals surface area contributed by atoms with Crippen molar-refractivity contribution >= 4 is 17.5 Å². The molecule has 1 unspecified atom stereocenters. The first-order valence-corrected chi connectivity index (χ1v) is 12.5. The van der Waals surface area contributed by atoms with Gasteiger partial charge in [-0.2, -0.15) is 13.2 Å². The molecule has 0 aromatic heterocycles. The fourth-order valence-corrected chi connectivity index (χ4v) is 5.12. The predicted molar refractivity (Wildman–Crippen MR) is 135 cm³/mol. The van der Waals surface area contributed by atoms with E-state index in [0.29, 0.717) is 30.8 Å². The summed E-state index contributed by atoms with van der Waals surface area (Å²) in [7, 11) is 1.51. The predicted octanol–water partition coefficient (Wildman–Crippen LogP) is 5.35. The summed E-state index contributed by atoms with van der Waals surface area (Å²) in [5, 5.41) is 2.65. The van der Waals surface area contributed by atoms with Crippen molar-refractivity contribution in [2.24, 2.45) is 0 Å². The van der Waals surface area contributed by atoms with E-state index in [2.05, 4.69) is 5.32 Å². The van der Waals surface area contributed by atoms with Gasteiger partial charge in [-0.15, -0.1) is 0 Å².